The first-order valence-electron chi connectivity index (χ1n) is 6.73. The van der Waals surface area contributed by atoms with Crippen LogP contribution in [0.5, 0.6) is 5.75 Å². The SMILES string of the molecule is O=C(N[C@@H]1CCOc2ccccc21)c1cc(F)c(F)cc1Cl. The summed E-state index contributed by atoms with van der Waals surface area (Å²) >= 11 is 5.82. The lowest BCUT2D eigenvalue weighted by molar-refractivity contribution is 0.0924. The van der Waals surface area contributed by atoms with Gasteiger partial charge in [0.2, 0.25) is 0 Å². The number of amides is 1. The van der Waals surface area contributed by atoms with Crippen LogP contribution in [0.4, 0.5) is 8.78 Å². The van der Waals surface area contributed by atoms with E-state index in [1.165, 1.54) is 0 Å². The van der Waals surface area contributed by atoms with Crippen molar-refractivity contribution in [1.82, 2.24) is 5.32 Å². The zero-order chi connectivity index (χ0) is 15.7. The molecule has 0 saturated carbocycles. The molecule has 0 saturated heterocycles. The van der Waals surface area contributed by atoms with Crippen molar-refractivity contribution >= 4 is 17.5 Å². The predicted octanol–water partition coefficient (Wildman–Crippen LogP) is 3.87. The van der Waals surface area contributed by atoms with Crippen LogP contribution in [0.2, 0.25) is 5.02 Å². The monoisotopic (exact) mass is 323 g/mol. The number of hydrogen-bond donors (Lipinski definition) is 1. The molecule has 3 nitrogen and oxygen atoms in total. The second kappa shape index (κ2) is 5.93. The summed E-state index contributed by atoms with van der Waals surface area (Å²) in [4.78, 5) is 12.3. The maximum absolute atomic E-state index is 13.3. The standard InChI is InChI=1S/C16H12ClF2NO2/c17-11-8-13(19)12(18)7-10(11)16(21)20-14-5-6-22-15-4-2-1-3-9(14)15/h1-4,7-8,14H,5-6H2,(H,20,21)/t14-/m1/s1. The average molecular weight is 324 g/mol. The zero-order valence-electron chi connectivity index (χ0n) is 11.4. The van der Waals surface area contributed by atoms with E-state index in [9.17, 15) is 13.6 Å². The van der Waals surface area contributed by atoms with Crippen molar-refractivity contribution in [3.63, 3.8) is 0 Å². The Morgan fingerprint density at radius 3 is 2.77 bits per heavy atom. The highest BCUT2D eigenvalue weighted by atomic mass is 35.5. The van der Waals surface area contributed by atoms with E-state index in [1.54, 1.807) is 0 Å². The summed E-state index contributed by atoms with van der Waals surface area (Å²) in [5.74, 6) is -2.04. The first-order chi connectivity index (χ1) is 10.6. The van der Waals surface area contributed by atoms with Gasteiger partial charge >= 0.3 is 0 Å². The fourth-order valence-electron chi connectivity index (χ4n) is 2.42. The fourth-order valence-corrected chi connectivity index (χ4v) is 2.66. The summed E-state index contributed by atoms with van der Waals surface area (Å²) in [7, 11) is 0. The number of nitrogens with one attached hydrogen (secondary N) is 1. The highest BCUT2D eigenvalue weighted by Gasteiger charge is 2.24. The van der Waals surface area contributed by atoms with Gasteiger partial charge in [-0.05, 0) is 18.2 Å². The second-order valence-electron chi connectivity index (χ2n) is 4.95. The predicted molar refractivity (Wildman–Crippen MR) is 78.1 cm³/mol. The largest absolute Gasteiger partial charge is 0.493 e. The van der Waals surface area contributed by atoms with E-state index < -0.39 is 17.5 Å². The Bertz CT molecular complexity index is 736. The molecule has 2 aromatic rings. The molecule has 0 aliphatic carbocycles. The van der Waals surface area contributed by atoms with Crippen LogP contribution >= 0.6 is 11.6 Å². The lowest BCUT2D eigenvalue weighted by Crippen LogP contribution is -2.32. The number of fused-ring (bicyclic) bond motifs is 1. The molecule has 6 heteroatoms. The summed E-state index contributed by atoms with van der Waals surface area (Å²) in [5.41, 5.74) is 0.755. The maximum Gasteiger partial charge on any atom is 0.253 e. The summed E-state index contributed by atoms with van der Waals surface area (Å²) in [6.45, 7) is 0.466. The van der Waals surface area contributed by atoms with Crippen LogP contribution in [0, 0.1) is 11.6 Å². The molecule has 1 aliphatic heterocycles. The number of ether oxygens (including phenoxy) is 1. The van der Waals surface area contributed by atoms with Crippen molar-refractivity contribution in [2.45, 2.75) is 12.5 Å². The van der Waals surface area contributed by atoms with E-state index in [0.29, 0.717) is 18.8 Å². The van der Waals surface area contributed by atoms with Crippen molar-refractivity contribution in [3.8, 4) is 5.75 Å². The van der Waals surface area contributed by atoms with Crippen LogP contribution in [0.1, 0.15) is 28.4 Å². The van der Waals surface area contributed by atoms with E-state index in [-0.39, 0.29) is 16.6 Å². The molecule has 0 aromatic heterocycles. The third-order valence-corrected chi connectivity index (χ3v) is 3.83. The van der Waals surface area contributed by atoms with Gasteiger partial charge in [0.05, 0.1) is 23.2 Å². The number of hydrogen-bond acceptors (Lipinski definition) is 2. The molecule has 0 unspecified atom stereocenters. The molecule has 114 valence electrons. The molecular weight excluding hydrogens is 312 g/mol. The van der Waals surface area contributed by atoms with Gasteiger partial charge in [-0.3, -0.25) is 4.79 Å². The maximum atomic E-state index is 13.3. The molecule has 1 N–H and O–H groups in total. The van der Waals surface area contributed by atoms with Crippen LogP contribution < -0.4 is 10.1 Å². The number of benzene rings is 2. The minimum atomic E-state index is -1.11. The molecule has 0 fully saturated rings. The highest BCUT2D eigenvalue weighted by Crippen LogP contribution is 2.32. The zero-order valence-corrected chi connectivity index (χ0v) is 12.2. The number of para-hydroxylation sites is 1. The molecule has 3 rings (SSSR count). The van der Waals surface area contributed by atoms with Crippen LogP contribution in [-0.4, -0.2) is 12.5 Å². The molecule has 1 heterocycles. The van der Waals surface area contributed by atoms with Crippen molar-refractivity contribution in [2.24, 2.45) is 0 Å². The fraction of sp³-hybridized carbons (Fsp3) is 0.188. The van der Waals surface area contributed by atoms with E-state index >= 15 is 0 Å². The van der Waals surface area contributed by atoms with Crippen LogP contribution in [-0.2, 0) is 0 Å². The van der Waals surface area contributed by atoms with Gasteiger partial charge in [0, 0.05) is 12.0 Å². The van der Waals surface area contributed by atoms with Gasteiger partial charge in [0.1, 0.15) is 5.75 Å². The van der Waals surface area contributed by atoms with Gasteiger partial charge in [-0.2, -0.15) is 0 Å². The summed E-state index contributed by atoms with van der Waals surface area (Å²) < 4.78 is 31.9. The number of halogens is 3. The number of carbonyl (C=O) groups is 1. The van der Waals surface area contributed by atoms with Gasteiger partial charge in [-0.1, -0.05) is 29.8 Å². The van der Waals surface area contributed by atoms with Crippen molar-refractivity contribution in [2.75, 3.05) is 6.61 Å². The number of carbonyl (C=O) groups excluding carboxylic acids is 1. The Morgan fingerprint density at radius 1 is 1.23 bits per heavy atom. The molecule has 1 aliphatic rings. The molecular formula is C16H12ClF2NO2. The summed E-state index contributed by atoms with van der Waals surface area (Å²) in [6, 6.07) is 8.69. The number of rotatable bonds is 2. The molecule has 0 bridgehead atoms. The van der Waals surface area contributed by atoms with Gasteiger partial charge in [-0.15, -0.1) is 0 Å². The van der Waals surface area contributed by atoms with E-state index in [4.69, 9.17) is 16.3 Å². The minimum Gasteiger partial charge on any atom is -0.493 e. The van der Waals surface area contributed by atoms with Crippen molar-refractivity contribution < 1.29 is 18.3 Å². The first-order valence-corrected chi connectivity index (χ1v) is 7.11. The van der Waals surface area contributed by atoms with Crippen LogP contribution in [0.15, 0.2) is 36.4 Å². The van der Waals surface area contributed by atoms with Crippen molar-refractivity contribution in [1.29, 1.82) is 0 Å². The van der Waals surface area contributed by atoms with Crippen molar-refractivity contribution in [3.05, 3.63) is 64.2 Å². The lowest BCUT2D eigenvalue weighted by Gasteiger charge is -2.26. The Labute approximate surface area is 130 Å². The quantitative estimate of drug-likeness (QED) is 0.852. The van der Waals surface area contributed by atoms with Gasteiger partial charge < -0.3 is 10.1 Å². The Kier molecular flexibility index (Phi) is 3.98. The van der Waals surface area contributed by atoms with E-state index in [1.807, 2.05) is 24.3 Å². The minimum absolute atomic E-state index is 0.0930. The normalized spacial score (nSPS) is 16.6. The van der Waals surface area contributed by atoms with Gasteiger partial charge in [0.25, 0.3) is 5.91 Å². The van der Waals surface area contributed by atoms with Crippen LogP contribution in [0.25, 0.3) is 0 Å². The molecule has 0 spiro atoms. The van der Waals surface area contributed by atoms with Crippen LogP contribution in [0.3, 0.4) is 0 Å². The second-order valence-corrected chi connectivity index (χ2v) is 5.35. The average Bonchev–Trinajstić information content (AvgIpc) is 2.51. The first kappa shape index (κ1) is 14.8. The Morgan fingerprint density at radius 2 is 1.95 bits per heavy atom. The van der Waals surface area contributed by atoms with E-state index in [0.717, 1.165) is 17.7 Å². The highest BCUT2D eigenvalue weighted by molar-refractivity contribution is 6.33. The molecule has 1 amide bonds. The molecule has 22 heavy (non-hydrogen) atoms. The Hall–Kier alpha value is -2.14. The molecule has 0 radical (unpaired) electrons. The smallest absolute Gasteiger partial charge is 0.253 e. The third-order valence-electron chi connectivity index (χ3n) is 3.52. The topological polar surface area (TPSA) is 38.3 Å². The van der Waals surface area contributed by atoms with Gasteiger partial charge in [0.15, 0.2) is 11.6 Å². The lowest BCUT2D eigenvalue weighted by atomic mass is 10.00. The van der Waals surface area contributed by atoms with Gasteiger partial charge in [-0.25, -0.2) is 8.78 Å². The van der Waals surface area contributed by atoms with E-state index in [2.05, 4.69) is 5.32 Å². The Balaban J connectivity index is 1.85. The summed E-state index contributed by atoms with van der Waals surface area (Å²) in [6.07, 6.45) is 0.587. The molecule has 1 atom stereocenters. The molecule has 2 aromatic carbocycles. The third kappa shape index (κ3) is 2.76. The summed E-state index contributed by atoms with van der Waals surface area (Å²) in [5, 5.41) is 2.66.